The Morgan fingerprint density at radius 2 is 2.47 bits per heavy atom. The van der Waals surface area contributed by atoms with Crippen LogP contribution in [-0.4, -0.2) is 49.5 Å². The minimum absolute atomic E-state index is 0.136. The van der Waals surface area contributed by atoms with Gasteiger partial charge >= 0.3 is 0 Å². The predicted molar refractivity (Wildman–Crippen MR) is 61.9 cm³/mol. The minimum Gasteiger partial charge on any atom is -0.381 e. The second-order valence-electron chi connectivity index (χ2n) is 4.28. The first kappa shape index (κ1) is 12.5. The lowest BCUT2D eigenvalue weighted by molar-refractivity contribution is 0.0495. The van der Waals surface area contributed by atoms with Gasteiger partial charge in [-0.25, -0.2) is 13.4 Å². The van der Waals surface area contributed by atoms with Crippen LogP contribution in [0, 0.1) is 5.92 Å². The Hall–Kier alpha value is -0.920. The molecule has 1 atom stereocenters. The zero-order valence-corrected chi connectivity index (χ0v) is 10.6. The van der Waals surface area contributed by atoms with Crippen molar-refractivity contribution in [3.05, 3.63) is 12.5 Å². The van der Waals surface area contributed by atoms with Crippen LogP contribution in [-0.2, 0) is 14.8 Å². The number of hydrogen-bond donors (Lipinski definition) is 1. The van der Waals surface area contributed by atoms with Gasteiger partial charge in [0.25, 0.3) is 10.0 Å². The van der Waals surface area contributed by atoms with Crippen molar-refractivity contribution in [1.82, 2.24) is 14.3 Å². The highest BCUT2D eigenvalue weighted by molar-refractivity contribution is 7.89. The van der Waals surface area contributed by atoms with E-state index in [1.165, 1.54) is 16.8 Å². The topological polar surface area (TPSA) is 75.3 Å². The molecule has 0 bridgehead atoms. The maximum absolute atomic E-state index is 12.1. The monoisotopic (exact) mass is 259 g/mol. The van der Waals surface area contributed by atoms with Crippen LogP contribution in [0.2, 0.25) is 0 Å². The minimum atomic E-state index is -3.44. The van der Waals surface area contributed by atoms with Gasteiger partial charge in [-0.1, -0.05) is 0 Å². The number of H-pyrrole nitrogens is 1. The highest BCUT2D eigenvalue weighted by Gasteiger charge is 2.25. The lowest BCUT2D eigenvalue weighted by Gasteiger charge is -2.26. The molecule has 0 radical (unpaired) electrons. The second-order valence-corrected chi connectivity index (χ2v) is 6.30. The third-order valence-electron chi connectivity index (χ3n) is 2.93. The smallest absolute Gasteiger partial charge is 0.259 e. The van der Waals surface area contributed by atoms with Crippen molar-refractivity contribution >= 4 is 10.0 Å². The maximum Gasteiger partial charge on any atom is 0.259 e. The number of aromatic amines is 1. The number of nitrogens with zero attached hydrogens (tertiary/aromatic N) is 2. The number of ether oxygens (including phenoxy) is 1. The Morgan fingerprint density at radius 3 is 3.06 bits per heavy atom. The zero-order chi connectivity index (χ0) is 12.3. The van der Waals surface area contributed by atoms with Crippen LogP contribution in [0.3, 0.4) is 0 Å². The molecule has 0 spiro atoms. The van der Waals surface area contributed by atoms with Crippen LogP contribution in [0.1, 0.15) is 12.8 Å². The fourth-order valence-electron chi connectivity index (χ4n) is 1.97. The van der Waals surface area contributed by atoms with Crippen LogP contribution in [0.25, 0.3) is 0 Å². The van der Waals surface area contributed by atoms with Crippen LogP contribution >= 0.6 is 0 Å². The van der Waals surface area contributed by atoms with Crippen molar-refractivity contribution in [1.29, 1.82) is 0 Å². The predicted octanol–water partition coefficient (Wildman–Crippen LogP) is 0.457. The van der Waals surface area contributed by atoms with E-state index < -0.39 is 10.0 Å². The summed E-state index contributed by atoms with van der Waals surface area (Å²) in [7, 11) is -1.85. The molecule has 0 aliphatic carbocycles. The molecule has 6 nitrogen and oxygen atoms in total. The summed E-state index contributed by atoms with van der Waals surface area (Å²) in [5.74, 6) is 0.284. The molecular weight excluding hydrogens is 242 g/mol. The van der Waals surface area contributed by atoms with Gasteiger partial charge in [0.1, 0.15) is 0 Å². The molecule has 1 aromatic heterocycles. The molecule has 1 aromatic rings. The summed E-state index contributed by atoms with van der Waals surface area (Å²) in [4.78, 5) is 6.36. The third-order valence-corrected chi connectivity index (χ3v) is 4.68. The first-order chi connectivity index (χ1) is 8.10. The largest absolute Gasteiger partial charge is 0.381 e. The van der Waals surface area contributed by atoms with Crippen LogP contribution in [0.4, 0.5) is 0 Å². The summed E-state index contributed by atoms with van der Waals surface area (Å²) in [6.07, 6.45) is 4.71. The Bertz CT molecular complexity index is 437. The summed E-state index contributed by atoms with van der Waals surface area (Å²) >= 11 is 0. The van der Waals surface area contributed by atoms with Crippen molar-refractivity contribution in [2.75, 3.05) is 26.8 Å². The van der Waals surface area contributed by atoms with Gasteiger partial charge in [0, 0.05) is 20.2 Å². The number of rotatable bonds is 4. The molecule has 0 saturated carbocycles. The molecule has 1 aliphatic heterocycles. The van der Waals surface area contributed by atoms with Gasteiger partial charge in [-0.3, -0.25) is 0 Å². The molecule has 96 valence electrons. The number of sulfonamides is 1. The zero-order valence-electron chi connectivity index (χ0n) is 9.80. The van der Waals surface area contributed by atoms with Crippen molar-refractivity contribution in [3.8, 4) is 0 Å². The van der Waals surface area contributed by atoms with E-state index >= 15 is 0 Å². The van der Waals surface area contributed by atoms with E-state index in [2.05, 4.69) is 9.97 Å². The third kappa shape index (κ3) is 2.85. The van der Waals surface area contributed by atoms with Gasteiger partial charge in [0.05, 0.1) is 19.1 Å². The molecule has 7 heteroatoms. The Morgan fingerprint density at radius 1 is 1.65 bits per heavy atom. The summed E-state index contributed by atoms with van der Waals surface area (Å²) in [6.45, 7) is 1.91. The number of aromatic nitrogens is 2. The standard InChI is InChI=1S/C10H17N3O3S/c1-13(6-9-3-2-4-16-7-9)17(14,15)10-5-11-8-12-10/h5,8-9H,2-4,6-7H2,1H3,(H,11,12). The molecule has 2 heterocycles. The highest BCUT2D eigenvalue weighted by atomic mass is 32.2. The molecule has 1 fully saturated rings. The van der Waals surface area contributed by atoms with E-state index in [1.807, 2.05) is 0 Å². The molecular formula is C10H17N3O3S. The number of hydrogen-bond acceptors (Lipinski definition) is 4. The normalized spacial score (nSPS) is 21.9. The molecule has 1 aliphatic rings. The Balaban J connectivity index is 2.01. The van der Waals surface area contributed by atoms with Crippen molar-refractivity contribution in [2.24, 2.45) is 5.92 Å². The Kier molecular flexibility index (Phi) is 3.80. The highest BCUT2D eigenvalue weighted by Crippen LogP contribution is 2.18. The van der Waals surface area contributed by atoms with Crippen LogP contribution < -0.4 is 0 Å². The van der Waals surface area contributed by atoms with Gasteiger partial charge in [0.2, 0.25) is 0 Å². The Labute approximate surface area is 101 Å². The first-order valence-electron chi connectivity index (χ1n) is 5.63. The van der Waals surface area contributed by atoms with Crippen LogP contribution in [0.5, 0.6) is 0 Å². The summed E-state index contributed by atoms with van der Waals surface area (Å²) in [5, 5.41) is 0.136. The quantitative estimate of drug-likeness (QED) is 0.852. The fraction of sp³-hybridized carbons (Fsp3) is 0.700. The van der Waals surface area contributed by atoms with Gasteiger partial charge in [0.15, 0.2) is 5.03 Å². The average Bonchev–Trinajstić information content (AvgIpc) is 2.84. The van der Waals surface area contributed by atoms with E-state index in [1.54, 1.807) is 7.05 Å². The summed E-state index contributed by atoms with van der Waals surface area (Å²) < 4.78 is 30.9. The molecule has 0 amide bonds. The SMILES string of the molecule is CN(CC1CCCOC1)S(=O)(=O)c1cnc[nH]1. The van der Waals surface area contributed by atoms with E-state index in [4.69, 9.17) is 4.74 Å². The molecule has 2 rings (SSSR count). The maximum atomic E-state index is 12.1. The molecule has 1 N–H and O–H groups in total. The molecule has 1 unspecified atom stereocenters. The lowest BCUT2D eigenvalue weighted by Crippen LogP contribution is -2.35. The van der Waals surface area contributed by atoms with E-state index in [0.717, 1.165) is 19.4 Å². The van der Waals surface area contributed by atoms with E-state index in [9.17, 15) is 8.42 Å². The first-order valence-corrected chi connectivity index (χ1v) is 7.07. The van der Waals surface area contributed by atoms with Crippen molar-refractivity contribution in [3.63, 3.8) is 0 Å². The second kappa shape index (κ2) is 5.16. The molecule has 17 heavy (non-hydrogen) atoms. The van der Waals surface area contributed by atoms with Gasteiger partial charge in [-0.05, 0) is 18.8 Å². The van der Waals surface area contributed by atoms with Crippen molar-refractivity contribution in [2.45, 2.75) is 17.9 Å². The van der Waals surface area contributed by atoms with Crippen molar-refractivity contribution < 1.29 is 13.2 Å². The van der Waals surface area contributed by atoms with Gasteiger partial charge < -0.3 is 9.72 Å². The van der Waals surface area contributed by atoms with E-state index in [0.29, 0.717) is 13.2 Å². The fourth-order valence-corrected chi connectivity index (χ4v) is 3.10. The summed E-state index contributed by atoms with van der Waals surface area (Å²) in [5.41, 5.74) is 0. The summed E-state index contributed by atoms with van der Waals surface area (Å²) in [6, 6.07) is 0. The van der Waals surface area contributed by atoms with Crippen LogP contribution in [0.15, 0.2) is 17.6 Å². The van der Waals surface area contributed by atoms with Gasteiger partial charge in [-0.15, -0.1) is 0 Å². The van der Waals surface area contributed by atoms with E-state index in [-0.39, 0.29) is 10.9 Å². The number of imidazole rings is 1. The molecule has 1 saturated heterocycles. The molecule has 0 aromatic carbocycles. The number of nitrogens with one attached hydrogen (secondary N) is 1. The lowest BCUT2D eigenvalue weighted by atomic mass is 10.0. The van der Waals surface area contributed by atoms with Gasteiger partial charge in [-0.2, -0.15) is 4.31 Å². The average molecular weight is 259 g/mol.